The molecule has 3 aromatic rings. The zero-order chi connectivity index (χ0) is 26.0. The lowest BCUT2D eigenvalue weighted by Gasteiger charge is -2.25. The number of phosphoric ester groups is 1. The topological polar surface area (TPSA) is 116 Å². The zero-order valence-corrected chi connectivity index (χ0v) is 21.3. The highest BCUT2D eigenvalue weighted by molar-refractivity contribution is 7.46. The third-order valence-electron chi connectivity index (χ3n) is 6.28. The maximum Gasteiger partial charge on any atom is 0.470 e. The number of amides is 2. The second-order valence-corrected chi connectivity index (χ2v) is 10.2. The molecule has 0 fully saturated rings. The first-order chi connectivity index (χ1) is 17.0. The van der Waals surface area contributed by atoms with Gasteiger partial charge in [0.05, 0.1) is 6.10 Å². The average Bonchev–Trinajstić information content (AvgIpc) is 2.97. The van der Waals surface area contributed by atoms with Gasteiger partial charge in [0.2, 0.25) is 0 Å². The lowest BCUT2D eigenvalue weighted by Crippen LogP contribution is -2.32. The summed E-state index contributed by atoms with van der Waals surface area (Å²) in [6.45, 7) is 5.93. The van der Waals surface area contributed by atoms with Crippen LogP contribution in [0.4, 0.5) is 11.4 Å². The second-order valence-electron chi connectivity index (χ2n) is 9.04. The van der Waals surface area contributed by atoms with E-state index in [1.54, 1.807) is 41.3 Å². The molecule has 8 nitrogen and oxygen atoms in total. The Bertz CT molecular complexity index is 1370. The summed E-state index contributed by atoms with van der Waals surface area (Å²) in [6.07, 6.45) is 0.0562. The molecule has 0 saturated heterocycles. The van der Waals surface area contributed by atoms with Crippen LogP contribution < -0.4 is 10.2 Å². The molecule has 0 spiro atoms. The van der Waals surface area contributed by atoms with Gasteiger partial charge in [0.25, 0.3) is 11.8 Å². The minimum absolute atomic E-state index is 0.223. The van der Waals surface area contributed by atoms with Gasteiger partial charge in [-0.1, -0.05) is 35.9 Å². The van der Waals surface area contributed by atoms with E-state index in [0.29, 0.717) is 53.0 Å². The van der Waals surface area contributed by atoms with Crippen molar-refractivity contribution in [1.29, 1.82) is 0 Å². The minimum Gasteiger partial charge on any atom is -0.322 e. The normalized spacial score (nSPS) is 15.7. The highest BCUT2D eigenvalue weighted by atomic mass is 31.2. The first-order valence-electron chi connectivity index (χ1n) is 11.7. The van der Waals surface area contributed by atoms with Crippen molar-refractivity contribution in [2.75, 3.05) is 16.8 Å². The Morgan fingerprint density at radius 2 is 1.72 bits per heavy atom. The predicted molar refractivity (Wildman–Crippen MR) is 138 cm³/mol. The van der Waals surface area contributed by atoms with Crippen molar-refractivity contribution < 1.29 is 28.5 Å². The fourth-order valence-electron chi connectivity index (χ4n) is 4.53. The molecule has 0 saturated carbocycles. The molecule has 3 N–H and O–H groups in total. The quantitative estimate of drug-likeness (QED) is 0.395. The van der Waals surface area contributed by atoms with Crippen molar-refractivity contribution in [1.82, 2.24) is 0 Å². The third kappa shape index (κ3) is 5.74. The van der Waals surface area contributed by atoms with Gasteiger partial charge in [-0.2, -0.15) is 0 Å². The fourth-order valence-corrected chi connectivity index (χ4v) is 5.08. The number of rotatable bonds is 5. The van der Waals surface area contributed by atoms with E-state index in [4.69, 9.17) is 4.52 Å². The summed E-state index contributed by atoms with van der Waals surface area (Å²) in [4.78, 5) is 46.8. The van der Waals surface area contributed by atoms with Crippen LogP contribution in [-0.2, 0) is 9.09 Å². The van der Waals surface area contributed by atoms with Crippen molar-refractivity contribution in [2.45, 2.75) is 39.7 Å². The van der Waals surface area contributed by atoms with Crippen LogP contribution >= 0.6 is 7.82 Å². The number of hydrogen-bond acceptors (Lipinski definition) is 4. The number of aryl methyl sites for hydroxylation is 3. The molecule has 1 aliphatic rings. The first-order valence-corrected chi connectivity index (χ1v) is 13.2. The molecule has 1 heterocycles. The van der Waals surface area contributed by atoms with Gasteiger partial charge in [-0.15, -0.1) is 0 Å². The number of phosphoric acid groups is 1. The Balaban J connectivity index is 1.61. The van der Waals surface area contributed by atoms with Gasteiger partial charge >= 0.3 is 7.82 Å². The van der Waals surface area contributed by atoms with E-state index in [-0.39, 0.29) is 11.8 Å². The minimum atomic E-state index is -4.71. The van der Waals surface area contributed by atoms with E-state index < -0.39 is 13.9 Å². The summed E-state index contributed by atoms with van der Waals surface area (Å²) >= 11 is 0. The molecular formula is C27H29N2O6P. The van der Waals surface area contributed by atoms with E-state index in [0.717, 1.165) is 11.1 Å². The van der Waals surface area contributed by atoms with Crippen LogP contribution in [0.15, 0.2) is 60.7 Å². The van der Waals surface area contributed by atoms with Crippen molar-refractivity contribution >= 4 is 31.0 Å². The standard InChI is InChI=1S/C27H29N2O6P/c1-17-10-13-24-23(15-17)25(35-36(32,33)34)9-6-14-29(24)27(31)22-12-11-20(16-19(22)3)28-26(30)21-8-5-4-7-18(21)2/h4-5,7-8,10-13,15-16,25H,6,9,14H2,1-3H3,(H,28,30)(H2,32,33,34). The number of nitrogens with one attached hydrogen (secondary N) is 1. The molecule has 36 heavy (non-hydrogen) atoms. The van der Waals surface area contributed by atoms with Crippen LogP contribution in [0, 0.1) is 20.8 Å². The molecule has 188 valence electrons. The average molecular weight is 509 g/mol. The Morgan fingerprint density at radius 3 is 2.42 bits per heavy atom. The molecule has 0 aliphatic carbocycles. The van der Waals surface area contributed by atoms with Crippen molar-refractivity contribution in [2.24, 2.45) is 0 Å². The molecule has 1 aliphatic heterocycles. The van der Waals surface area contributed by atoms with E-state index in [2.05, 4.69) is 5.32 Å². The highest BCUT2D eigenvalue weighted by Gasteiger charge is 2.32. The molecule has 0 aromatic heterocycles. The van der Waals surface area contributed by atoms with E-state index in [1.165, 1.54) is 0 Å². The highest BCUT2D eigenvalue weighted by Crippen LogP contribution is 2.47. The van der Waals surface area contributed by atoms with Crippen LogP contribution in [0.25, 0.3) is 0 Å². The molecule has 1 unspecified atom stereocenters. The lowest BCUT2D eigenvalue weighted by molar-refractivity contribution is 0.0984. The largest absolute Gasteiger partial charge is 0.470 e. The van der Waals surface area contributed by atoms with E-state index >= 15 is 0 Å². The van der Waals surface area contributed by atoms with Gasteiger partial charge in [-0.3, -0.25) is 14.1 Å². The van der Waals surface area contributed by atoms with Crippen LogP contribution in [0.1, 0.15) is 61.9 Å². The Kier molecular flexibility index (Phi) is 7.43. The van der Waals surface area contributed by atoms with Crippen LogP contribution in [-0.4, -0.2) is 28.1 Å². The molecule has 9 heteroatoms. The van der Waals surface area contributed by atoms with Gasteiger partial charge in [0.1, 0.15) is 0 Å². The van der Waals surface area contributed by atoms with Gasteiger partial charge in [0, 0.05) is 34.6 Å². The first kappa shape index (κ1) is 25.8. The zero-order valence-electron chi connectivity index (χ0n) is 20.4. The number of fused-ring (bicyclic) bond motifs is 1. The summed E-state index contributed by atoms with van der Waals surface area (Å²) in [5.41, 5.74) is 5.25. The lowest BCUT2D eigenvalue weighted by atomic mass is 10.0. The smallest absolute Gasteiger partial charge is 0.322 e. The molecule has 0 radical (unpaired) electrons. The summed E-state index contributed by atoms with van der Waals surface area (Å²) < 4.78 is 16.7. The number of benzene rings is 3. The summed E-state index contributed by atoms with van der Waals surface area (Å²) in [5.74, 6) is -0.453. The summed E-state index contributed by atoms with van der Waals surface area (Å²) in [6, 6.07) is 17.9. The van der Waals surface area contributed by atoms with Gasteiger partial charge in [0.15, 0.2) is 0 Å². The number of carbonyl (C=O) groups is 2. The summed E-state index contributed by atoms with van der Waals surface area (Å²) in [5, 5.41) is 2.89. The molecule has 3 aromatic carbocycles. The van der Waals surface area contributed by atoms with E-state index in [9.17, 15) is 23.9 Å². The molecular weight excluding hydrogens is 479 g/mol. The maximum atomic E-state index is 13.7. The maximum absolute atomic E-state index is 13.7. The number of hydrogen-bond donors (Lipinski definition) is 3. The predicted octanol–water partition coefficient (Wildman–Crippen LogP) is 5.46. The van der Waals surface area contributed by atoms with Crippen molar-refractivity contribution in [3.63, 3.8) is 0 Å². The Hall–Kier alpha value is -3.29. The monoisotopic (exact) mass is 508 g/mol. The van der Waals surface area contributed by atoms with Crippen molar-refractivity contribution in [3.8, 4) is 0 Å². The number of carbonyl (C=O) groups excluding carboxylic acids is 2. The fraction of sp³-hybridized carbons (Fsp3) is 0.259. The van der Waals surface area contributed by atoms with Gasteiger partial charge < -0.3 is 20.0 Å². The Morgan fingerprint density at radius 1 is 0.972 bits per heavy atom. The van der Waals surface area contributed by atoms with Crippen LogP contribution in [0.3, 0.4) is 0 Å². The second kappa shape index (κ2) is 10.4. The van der Waals surface area contributed by atoms with Gasteiger partial charge in [-0.25, -0.2) is 4.57 Å². The SMILES string of the molecule is Cc1ccc2c(c1)C(OP(=O)(O)O)CCCN2C(=O)c1ccc(NC(=O)c2ccccc2C)cc1C. The van der Waals surface area contributed by atoms with E-state index in [1.807, 2.05) is 45.0 Å². The molecule has 0 bridgehead atoms. The van der Waals surface area contributed by atoms with Gasteiger partial charge in [-0.05, 0) is 75.1 Å². The molecule has 4 rings (SSSR count). The molecule has 1 atom stereocenters. The Labute approximate surface area is 210 Å². The van der Waals surface area contributed by atoms with Crippen LogP contribution in [0.5, 0.6) is 0 Å². The van der Waals surface area contributed by atoms with Crippen LogP contribution in [0.2, 0.25) is 0 Å². The van der Waals surface area contributed by atoms with Crippen molar-refractivity contribution in [3.05, 3.63) is 94.0 Å². The number of anilines is 2. The molecule has 2 amide bonds. The number of nitrogens with zero attached hydrogens (tertiary/aromatic N) is 1. The summed E-state index contributed by atoms with van der Waals surface area (Å²) in [7, 11) is -4.71. The third-order valence-corrected chi connectivity index (χ3v) is 6.81.